The highest BCUT2D eigenvalue weighted by Gasteiger charge is 2.26. The van der Waals surface area contributed by atoms with E-state index >= 15 is 0 Å². The molecule has 0 saturated heterocycles. The average Bonchev–Trinajstić information content (AvgIpc) is 2.48. The Labute approximate surface area is 121 Å². The summed E-state index contributed by atoms with van der Waals surface area (Å²) in [5, 5.41) is 5.49. The van der Waals surface area contributed by atoms with Crippen LogP contribution in [0.15, 0.2) is 42.6 Å². The lowest BCUT2D eigenvalue weighted by Crippen LogP contribution is -2.44. The predicted octanol–water partition coefficient (Wildman–Crippen LogP) is 2.38. The highest BCUT2D eigenvalue weighted by molar-refractivity contribution is 6.12. The normalized spacial score (nSPS) is 13.4. The van der Waals surface area contributed by atoms with Crippen molar-refractivity contribution >= 4 is 29.0 Å². The molecule has 2 aromatic rings. The Morgan fingerprint density at radius 2 is 2.10 bits per heavy atom. The maximum absolute atomic E-state index is 12.4. The lowest BCUT2D eigenvalue weighted by Gasteiger charge is -2.29. The molecule has 1 aliphatic rings. The van der Waals surface area contributed by atoms with Crippen LogP contribution in [0.3, 0.4) is 0 Å². The van der Waals surface area contributed by atoms with Crippen molar-refractivity contribution in [3.05, 3.63) is 48.3 Å². The first-order valence-corrected chi connectivity index (χ1v) is 6.53. The van der Waals surface area contributed by atoms with Gasteiger partial charge in [0.15, 0.2) is 0 Å². The minimum absolute atomic E-state index is 0.0118. The fraction of sp³-hybridized carbons (Fsp3) is 0.133. The van der Waals surface area contributed by atoms with Gasteiger partial charge in [0, 0.05) is 5.69 Å². The summed E-state index contributed by atoms with van der Waals surface area (Å²) in [6, 6.07) is 10.4. The number of carbonyl (C=O) groups is 2. The lowest BCUT2D eigenvalue weighted by atomic mass is 10.2. The van der Waals surface area contributed by atoms with Crippen molar-refractivity contribution in [2.24, 2.45) is 0 Å². The number of hydrogen-bond acceptors (Lipinski definition) is 3. The highest BCUT2D eigenvalue weighted by atomic mass is 16.2. The van der Waals surface area contributed by atoms with Gasteiger partial charge in [-0.2, -0.15) is 0 Å². The third-order valence-corrected chi connectivity index (χ3v) is 3.18. The monoisotopic (exact) mass is 282 g/mol. The van der Waals surface area contributed by atoms with E-state index in [1.807, 2.05) is 25.1 Å². The molecule has 2 heterocycles. The van der Waals surface area contributed by atoms with E-state index in [9.17, 15) is 9.59 Å². The first-order chi connectivity index (χ1) is 10.1. The summed E-state index contributed by atoms with van der Waals surface area (Å²) in [4.78, 5) is 29.6. The molecule has 0 radical (unpaired) electrons. The van der Waals surface area contributed by atoms with Gasteiger partial charge in [-0.05, 0) is 31.2 Å². The number of aryl methyl sites for hydroxylation is 1. The molecule has 0 unspecified atom stereocenters. The molecule has 6 heteroatoms. The van der Waals surface area contributed by atoms with E-state index in [1.165, 1.54) is 4.90 Å². The second-order valence-corrected chi connectivity index (χ2v) is 4.77. The predicted molar refractivity (Wildman–Crippen MR) is 80.4 cm³/mol. The number of aromatic nitrogens is 1. The molecule has 1 aromatic heterocycles. The van der Waals surface area contributed by atoms with Gasteiger partial charge in [-0.1, -0.05) is 12.1 Å². The summed E-state index contributed by atoms with van der Waals surface area (Å²) < 4.78 is 0. The number of nitrogens with zero attached hydrogens (tertiary/aromatic N) is 2. The number of anilines is 3. The number of benzene rings is 1. The molecule has 3 amide bonds. The standard InChI is InChI=1S/C15H14N4O2/c1-10-6-7-11(8-16-10)17-15(21)19-9-14(20)18-12-4-2-3-5-13(12)19/h2-8H,9H2,1H3,(H,17,21)(H,18,20). The van der Waals surface area contributed by atoms with Crippen molar-refractivity contribution in [3.63, 3.8) is 0 Å². The number of hydrogen-bond donors (Lipinski definition) is 2. The zero-order valence-electron chi connectivity index (χ0n) is 11.5. The molecule has 0 saturated carbocycles. The second-order valence-electron chi connectivity index (χ2n) is 4.77. The molecule has 3 rings (SSSR count). The van der Waals surface area contributed by atoms with E-state index in [0.29, 0.717) is 17.1 Å². The van der Waals surface area contributed by atoms with Crippen LogP contribution in [0.5, 0.6) is 0 Å². The summed E-state index contributed by atoms with van der Waals surface area (Å²) in [5.41, 5.74) is 2.77. The molecule has 0 fully saturated rings. The fourth-order valence-corrected chi connectivity index (χ4v) is 2.15. The van der Waals surface area contributed by atoms with Crippen LogP contribution in [0, 0.1) is 6.92 Å². The minimum Gasteiger partial charge on any atom is -0.323 e. The Hall–Kier alpha value is -2.89. The third kappa shape index (κ3) is 2.69. The number of urea groups is 1. The van der Waals surface area contributed by atoms with Crippen molar-refractivity contribution in [2.45, 2.75) is 6.92 Å². The van der Waals surface area contributed by atoms with Crippen molar-refractivity contribution in [1.82, 2.24) is 4.98 Å². The quantitative estimate of drug-likeness (QED) is 0.843. The number of fused-ring (bicyclic) bond motifs is 1. The number of amides is 3. The molecular weight excluding hydrogens is 268 g/mol. The molecule has 0 atom stereocenters. The van der Waals surface area contributed by atoms with Crippen molar-refractivity contribution in [3.8, 4) is 0 Å². The van der Waals surface area contributed by atoms with E-state index in [1.54, 1.807) is 24.4 Å². The van der Waals surface area contributed by atoms with Crippen LogP contribution >= 0.6 is 0 Å². The van der Waals surface area contributed by atoms with E-state index in [2.05, 4.69) is 15.6 Å². The molecular formula is C15H14N4O2. The Morgan fingerprint density at radius 3 is 2.86 bits per heavy atom. The van der Waals surface area contributed by atoms with Gasteiger partial charge in [0.25, 0.3) is 0 Å². The van der Waals surface area contributed by atoms with Crippen molar-refractivity contribution < 1.29 is 9.59 Å². The molecule has 21 heavy (non-hydrogen) atoms. The van der Waals surface area contributed by atoms with E-state index in [4.69, 9.17) is 0 Å². The summed E-state index contributed by atoms with van der Waals surface area (Å²) >= 11 is 0. The van der Waals surface area contributed by atoms with Gasteiger partial charge in [-0.15, -0.1) is 0 Å². The average molecular weight is 282 g/mol. The zero-order chi connectivity index (χ0) is 14.8. The van der Waals surface area contributed by atoms with Gasteiger partial charge >= 0.3 is 6.03 Å². The molecule has 1 aromatic carbocycles. The maximum Gasteiger partial charge on any atom is 0.326 e. The van der Waals surface area contributed by atoms with E-state index < -0.39 is 0 Å². The highest BCUT2D eigenvalue weighted by Crippen LogP contribution is 2.29. The molecule has 106 valence electrons. The Balaban J connectivity index is 1.84. The van der Waals surface area contributed by atoms with Crippen LogP contribution in [0.25, 0.3) is 0 Å². The summed E-state index contributed by atoms with van der Waals surface area (Å²) in [7, 11) is 0. The van der Waals surface area contributed by atoms with Gasteiger partial charge in [0.2, 0.25) is 5.91 Å². The van der Waals surface area contributed by atoms with Crippen LogP contribution in [0.1, 0.15) is 5.69 Å². The van der Waals surface area contributed by atoms with Crippen LogP contribution in [-0.4, -0.2) is 23.5 Å². The van der Waals surface area contributed by atoms with E-state index in [0.717, 1.165) is 5.69 Å². The summed E-state index contributed by atoms with van der Waals surface area (Å²) in [5.74, 6) is -0.217. The van der Waals surface area contributed by atoms with E-state index in [-0.39, 0.29) is 18.5 Å². The van der Waals surface area contributed by atoms with Gasteiger partial charge in [-0.25, -0.2) is 4.79 Å². The molecule has 2 N–H and O–H groups in total. The van der Waals surface area contributed by atoms with Gasteiger partial charge < -0.3 is 10.6 Å². The van der Waals surface area contributed by atoms with Crippen LogP contribution in [0.4, 0.5) is 21.9 Å². The SMILES string of the molecule is Cc1ccc(NC(=O)N2CC(=O)Nc3ccccc32)cn1. The third-order valence-electron chi connectivity index (χ3n) is 3.18. The first-order valence-electron chi connectivity index (χ1n) is 6.53. The summed E-state index contributed by atoms with van der Waals surface area (Å²) in [6.07, 6.45) is 1.59. The number of rotatable bonds is 1. The molecule has 0 spiro atoms. The van der Waals surface area contributed by atoms with Gasteiger partial charge in [-0.3, -0.25) is 14.7 Å². The van der Waals surface area contributed by atoms with Crippen LogP contribution in [-0.2, 0) is 4.79 Å². The van der Waals surface area contributed by atoms with Crippen molar-refractivity contribution in [1.29, 1.82) is 0 Å². The fourth-order valence-electron chi connectivity index (χ4n) is 2.15. The number of carbonyl (C=O) groups excluding carboxylic acids is 2. The van der Waals surface area contributed by atoms with Crippen LogP contribution in [0.2, 0.25) is 0 Å². The summed E-state index contributed by atoms with van der Waals surface area (Å²) in [6.45, 7) is 1.86. The number of nitrogens with one attached hydrogen (secondary N) is 2. The minimum atomic E-state index is -0.358. The van der Waals surface area contributed by atoms with Gasteiger partial charge in [0.1, 0.15) is 6.54 Å². The molecule has 0 bridgehead atoms. The Bertz CT molecular complexity index is 697. The topological polar surface area (TPSA) is 74.3 Å². The smallest absolute Gasteiger partial charge is 0.323 e. The van der Waals surface area contributed by atoms with Gasteiger partial charge in [0.05, 0.1) is 23.3 Å². The number of pyridine rings is 1. The second kappa shape index (κ2) is 5.24. The maximum atomic E-state index is 12.4. The lowest BCUT2D eigenvalue weighted by molar-refractivity contribution is -0.115. The Kier molecular flexibility index (Phi) is 3.27. The number of para-hydroxylation sites is 2. The van der Waals surface area contributed by atoms with Crippen LogP contribution < -0.4 is 15.5 Å². The first kappa shape index (κ1) is 13.1. The Morgan fingerprint density at radius 1 is 1.29 bits per heavy atom. The zero-order valence-corrected chi connectivity index (χ0v) is 11.5. The largest absolute Gasteiger partial charge is 0.326 e. The molecule has 1 aliphatic heterocycles. The van der Waals surface area contributed by atoms with Crippen molar-refractivity contribution in [2.75, 3.05) is 22.1 Å². The molecule has 0 aliphatic carbocycles. The molecule has 6 nitrogen and oxygen atoms in total.